The van der Waals surface area contributed by atoms with Crippen molar-refractivity contribution in [3.8, 4) is 11.3 Å². The molecule has 1 fully saturated rings. The topological polar surface area (TPSA) is 74.2 Å². The number of hydrogen-bond acceptors (Lipinski definition) is 6. The monoisotopic (exact) mass is 429 g/mol. The fourth-order valence-electron chi connectivity index (χ4n) is 4.61. The average Bonchev–Trinajstić information content (AvgIpc) is 3.58. The van der Waals surface area contributed by atoms with Gasteiger partial charge in [-0.1, -0.05) is 31.2 Å². The molecule has 2 aromatic heterocycles. The van der Waals surface area contributed by atoms with Crippen LogP contribution in [0.25, 0.3) is 11.3 Å². The van der Waals surface area contributed by atoms with Crippen molar-refractivity contribution in [2.75, 3.05) is 24.3 Å². The molecule has 3 aromatic rings. The molecule has 0 bridgehead atoms. The number of aliphatic hydroxyl groups excluding tert-OH is 1. The van der Waals surface area contributed by atoms with Crippen molar-refractivity contribution in [3.63, 3.8) is 0 Å². The SMILES string of the molecule is CCc1nc(-c2cnc(N(C)C)cc2C)c(C2CC2)nc1N[C@@H]1c2ccccc2C[C@@H]1O. The summed E-state index contributed by atoms with van der Waals surface area (Å²) < 4.78 is 0. The maximum atomic E-state index is 10.7. The second-order valence-electron chi connectivity index (χ2n) is 9.22. The van der Waals surface area contributed by atoms with E-state index in [0.29, 0.717) is 12.3 Å². The summed E-state index contributed by atoms with van der Waals surface area (Å²) in [4.78, 5) is 16.9. The molecule has 2 aliphatic rings. The van der Waals surface area contributed by atoms with Gasteiger partial charge in [0.25, 0.3) is 0 Å². The number of rotatable bonds is 6. The molecular weight excluding hydrogens is 398 g/mol. The van der Waals surface area contributed by atoms with Crippen molar-refractivity contribution in [1.82, 2.24) is 15.0 Å². The molecule has 0 unspecified atom stereocenters. The van der Waals surface area contributed by atoms with Gasteiger partial charge in [0.05, 0.1) is 29.2 Å². The second kappa shape index (κ2) is 8.17. The van der Waals surface area contributed by atoms with Gasteiger partial charge in [0.2, 0.25) is 0 Å². The minimum Gasteiger partial charge on any atom is -0.390 e. The van der Waals surface area contributed by atoms with E-state index in [0.717, 1.165) is 64.7 Å². The van der Waals surface area contributed by atoms with Crippen molar-refractivity contribution in [2.45, 2.75) is 57.6 Å². The summed E-state index contributed by atoms with van der Waals surface area (Å²) in [6.07, 6.45) is 5.18. The van der Waals surface area contributed by atoms with Crippen LogP contribution in [0, 0.1) is 6.92 Å². The summed E-state index contributed by atoms with van der Waals surface area (Å²) in [5.41, 5.74) is 7.49. The highest BCUT2D eigenvalue weighted by Crippen LogP contribution is 2.45. The lowest BCUT2D eigenvalue weighted by molar-refractivity contribution is 0.165. The summed E-state index contributed by atoms with van der Waals surface area (Å²) >= 11 is 0. The highest BCUT2D eigenvalue weighted by atomic mass is 16.3. The molecule has 6 heteroatoms. The maximum absolute atomic E-state index is 10.7. The van der Waals surface area contributed by atoms with E-state index in [1.54, 1.807) is 0 Å². The number of pyridine rings is 1. The number of hydrogen-bond donors (Lipinski definition) is 2. The fraction of sp³-hybridized carbons (Fsp3) is 0.423. The first-order chi connectivity index (χ1) is 15.5. The molecule has 166 valence electrons. The van der Waals surface area contributed by atoms with E-state index in [4.69, 9.17) is 9.97 Å². The van der Waals surface area contributed by atoms with Crippen molar-refractivity contribution in [2.24, 2.45) is 0 Å². The number of nitrogens with one attached hydrogen (secondary N) is 1. The van der Waals surface area contributed by atoms with Gasteiger partial charge < -0.3 is 15.3 Å². The van der Waals surface area contributed by atoms with Crippen LogP contribution >= 0.6 is 0 Å². The number of fused-ring (bicyclic) bond motifs is 1. The Hall–Kier alpha value is -2.99. The Balaban J connectivity index is 1.56. The third-order valence-electron chi connectivity index (χ3n) is 6.60. The maximum Gasteiger partial charge on any atom is 0.148 e. The standard InChI is InChI=1S/C26H31N5O/c1-5-20-26(30-24-18-9-7-6-8-17(18)13-21(24)32)29-23(16-10-11-16)25(28-20)19-14-27-22(31(3)4)12-15(19)2/h6-9,12,14,16,21,24,32H,5,10-11,13H2,1-4H3,(H,29,30)/t21-,24+/m0/s1. The third-order valence-corrected chi connectivity index (χ3v) is 6.60. The van der Waals surface area contributed by atoms with Gasteiger partial charge in [-0.15, -0.1) is 0 Å². The molecule has 2 N–H and O–H groups in total. The Labute approximate surface area is 189 Å². The summed E-state index contributed by atoms with van der Waals surface area (Å²) in [6, 6.07) is 10.2. The number of aliphatic hydroxyl groups is 1. The zero-order valence-electron chi connectivity index (χ0n) is 19.3. The normalized spacial score (nSPS) is 19.7. The van der Waals surface area contributed by atoms with Crippen molar-refractivity contribution in [3.05, 3.63) is 64.6 Å². The van der Waals surface area contributed by atoms with E-state index < -0.39 is 6.10 Å². The summed E-state index contributed by atoms with van der Waals surface area (Å²) in [5.74, 6) is 2.18. The van der Waals surface area contributed by atoms with E-state index in [-0.39, 0.29) is 6.04 Å². The number of aryl methyl sites for hydroxylation is 2. The van der Waals surface area contributed by atoms with Crippen LogP contribution in [0.3, 0.4) is 0 Å². The smallest absolute Gasteiger partial charge is 0.148 e. The number of benzene rings is 1. The van der Waals surface area contributed by atoms with Crippen LogP contribution in [-0.4, -0.2) is 40.3 Å². The van der Waals surface area contributed by atoms with Crippen molar-refractivity contribution in [1.29, 1.82) is 0 Å². The lowest BCUT2D eigenvalue weighted by Gasteiger charge is -2.22. The predicted octanol–water partition coefficient (Wildman–Crippen LogP) is 4.42. The van der Waals surface area contributed by atoms with Gasteiger partial charge in [-0.2, -0.15) is 0 Å². The lowest BCUT2D eigenvalue weighted by atomic mass is 10.0. The van der Waals surface area contributed by atoms with Crippen molar-refractivity contribution < 1.29 is 5.11 Å². The van der Waals surface area contributed by atoms with E-state index in [9.17, 15) is 5.11 Å². The quantitative estimate of drug-likeness (QED) is 0.604. The first kappa shape index (κ1) is 20.9. The molecule has 2 heterocycles. The van der Waals surface area contributed by atoms with Gasteiger partial charge in [-0.3, -0.25) is 0 Å². The van der Waals surface area contributed by atoms with Crippen LogP contribution in [0.1, 0.15) is 59.8 Å². The zero-order chi connectivity index (χ0) is 22.4. The Kier molecular flexibility index (Phi) is 5.33. The molecule has 6 nitrogen and oxygen atoms in total. The number of nitrogens with zero attached hydrogens (tertiary/aromatic N) is 4. The third kappa shape index (κ3) is 3.73. The summed E-state index contributed by atoms with van der Waals surface area (Å²) in [6.45, 7) is 4.22. The fourth-order valence-corrected chi connectivity index (χ4v) is 4.61. The van der Waals surface area contributed by atoms with Gasteiger partial charge in [0.15, 0.2) is 0 Å². The molecule has 0 spiro atoms. The molecular formula is C26H31N5O. The molecule has 5 rings (SSSR count). The minimum atomic E-state index is -0.465. The van der Waals surface area contributed by atoms with Crippen LogP contribution in [0.5, 0.6) is 0 Å². The number of aromatic nitrogens is 3. The summed E-state index contributed by atoms with van der Waals surface area (Å²) in [5, 5.41) is 14.3. The Bertz CT molecular complexity index is 1150. The lowest BCUT2D eigenvalue weighted by Crippen LogP contribution is -2.23. The van der Waals surface area contributed by atoms with E-state index in [1.807, 2.05) is 37.3 Å². The first-order valence-corrected chi connectivity index (χ1v) is 11.5. The minimum absolute atomic E-state index is 0.161. The Morgan fingerprint density at radius 1 is 1.16 bits per heavy atom. The molecule has 32 heavy (non-hydrogen) atoms. The van der Waals surface area contributed by atoms with E-state index in [1.165, 1.54) is 5.56 Å². The van der Waals surface area contributed by atoms with Gasteiger partial charge in [-0.05, 0) is 48.9 Å². The molecule has 1 saturated carbocycles. The average molecular weight is 430 g/mol. The molecule has 0 aliphatic heterocycles. The highest BCUT2D eigenvalue weighted by molar-refractivity contribution is 5.69. The van der Waals surface area contributed by atoms with Crippen LogP contribution in [0.2, 0.25) is 0 Å². The van der Waals surface area contributed by atoms with Gasteiger partial charge in [-0.25, -0.2) is 15.0 Å². The molecule has 2 aliphatic carbocycles. The predicted molar refractivity (Wildman–Crippen MR) is 128 cm³/mol. The van der Waals surface area contributed by atoms with Crippen LogP contribution in [0.15, 0.2) is 36.5 Å². The van der Waals surface area contributed by atoms with Crippen LogP contribution < -0.4 is 10.2 Å². The van der Waals surface area contributed by atoms with Gasteiger partial charge >= 0.3 is 0 Å². The summed E-state index contributed by atoms with van der Waals surface area (Å²) in [7, 11) is 4.00. The zero-order valence-corrected chi connectivity index (χ0v) is 19.3. The molecule has 0 saturated heterocycles. The van der Waals surface area contributed by atoms with Crippen molar-refractivity contribution >= 4 is 11.6 Å². The Morgan fingerprint density at radius 3 is 2.62 bits per heavy atom. The largest absolute Gasteiger partial charge is 0.390 e. The Morgan fingerprint density at radius 2 is 1.94 bits per heavy atom. The molecule has 0 radical (unpaired) electrons. The van der Waals surface area contributed by atoms with E-state index >= 15 is 0 Å². The highest BCUT2D eigenvalue weighted by Gasteiger charge is 2.34. The van der Waals surface area contributed by atoms with Gasteiger partial charge in [0.1, 0.15) is 11.6 Å². The number of anilines is 2. The van der Waals surface area contributed by atoms with Crippen LogP contribution in [0.4, 0.5) is 11.6 Å². The molecule has 1 aromatic carbocycles. The van der Waals surface area contributed by atoms with E-state index in [2.05, 4.69) is 42.3 Å². The first-order valence-electron chi connectivity index (χ1n) is 11.5. The molecule has 2 atom stereocenters. The van der Waals surface area contributed by atoms with Crippen LogP contribution in [-0.2, 0) is 12.8 Å². The second-order valence-corrected chi connectivity index (χ2v) is 9.22. The molecule has 0 amide bonds. The van der Waals surface area contributed by atoms with Gasteiger partial charge in [0, 0.05) is 38.2 Å².